The highest BCUT2D eigenvalue weighted by Crippen LogP contribution is 2.20. The average Bonchev–Trinajstić information content (AvgIpc) is 2.08. The molecule has 6 heteroatoms. The van der Waals surface area contributed by atoms with Gasteiger partial charge in [-0.25, -0.2) is 0 Å². The van der Waals surface area contributed by atoms with E-state index in [1.54, 1.807) is 25.7 Å². The smallest absolute Gasteiger partial charge is 0.320 e. The highest BCUT2D eigenvalue weighted by Gasteiger charge is 2.41. The molecule has 5 nitrogen and oxygen atoms in total. The predicted molar refractivity (Wildman–Crippen MR) is 58.1 cm³/mol. The van der Waals surface area contributed by atoms with Gasteiger partial charge in [-0.15, -0.1) is 12.4 Å². The lowest BCUT2D eigenvalue weighted by molar-refractivity contribution is -0.150. The predicted octanol–water partition coefficient (Wildman–Crippen LogP) is 0.0917. The summed E-state index contributed by atoms with van der Waals surface area (Å²) in [6.07, 6.45) is 0. The highest BCUT2D eigenvalue weighted by molar-refractivity contribution is 5.87. The van der Waals surface area contributed by atoms with E-state index in [4.69, 9.17) is 5.11 Å². The third-order valence-electron chi connectivity index (χ3n) is 2.74. The van der Waals surface area contributed by atoms with Crippen molar-refractivity contribution in [3.05, 3.63) is 0 Å². The van der Waals surface area contributed by atoms with Gasteiger partial charge in [0.05, 0.1) is 5.54 Å². The first-order valence-corrected chi connectivity index (χ1v) is 4.65. The Morgan fingerprint density at radius 3 is 2.60 bits per heavy atom. The van der Waals surface area contributed by atoms with E-state index >= 15 is 0 Å². The highest BCUT2D eigenvalue weighted by atomic mass is 35.5. The molecule has 1 aliphatic rings. The first kappa shape index (κ1) is 14.2. The van der Waals surface area contributed by atoms with E-state index in [-0.39, 0.29) is 18.3 Å². The number of carbonyl (C=O) groups excluding carboxylic acids is 1. The van der Waals surface area contributed by atoms with Gasteiger partial charge in [0.1, 0.15) is 6.04 Å². The fraction of sp³-hybridized carbons (Fsp3) is 0.778. The van der Waals surface area contributed by atoms with E-state index in [1.807, 2.05) is 0 Å². The second-order valence-electron chi connectivity index (χ2n) is 4.02. The zero-order chi connectivity index (χ0) is 10.9. The molecule has 1 aliphatic heterocycles. The van der Waals surface area contributed by atoms with Crippen LogP contribution in [0.4, 0.5) is 0 Å². The minimum atomic E-state index is -0.896. The molecule has 0 saturated carbocycles. The zero-order valence-corrected chi connectivity index (χ0v) is 9.93. The van der Waals surface area contributed by atoms with E-state index in [1.165, 1.54) is 0 Å². The number of carboxylic acids is 1. The van der Waals surface area contributed by atoms with Crippen molar-refractivity contribution in [2.24, 2.45) is 0 Å². The molecule has 2 N–H and O–H groups in total. The van der Waals surface area contributed by atoms with E-state index in [0.717, 1.165) is 0 Å². The first-order chi connectivity index (χ1) is 6.37. The molecule has 0 spiro atoms. The Kier molecular flexibility index (Phi) is 4.55. The number of nitrogens with one attached hydrogen (secondary N) is 1. The van der Waals surface area contributed by atoms with Crippen LogP contribution in [0.5, 0.6) is 0 Å². The summed E-state index contributed by atoms with van der Waals surface area (Å²) in [5.74, 6) is -1.01. The van der Waals surface area contributed by atoms with Crippen molar-refractivity contribution in [1.82, 2.24) is 10.2 Å². The Balaban J connectivity index is 0.00000196. The standard InChI is InChI=1S/C9H16N2O3.ClH/c1-6(7(12)13)11-5-4-10-8(14)9(11,2)3;/h6H,4-5H2,1-3H3,(H,10,14)(H,12,13);1H. The van der Waals surface area contributed by atoms with Crippen LogP contribution < -0.4 is 5.32 Å². The summed E-state index contributed by atoms with van der Waals surface area (Å²) in [6, 6.07) is -0.629. The van der Waals surface area contributed by atoms with Crippen molar-refractivity contribution in [1.29, 1.82) is 0 Å². The third-order valence-corrected chi connectivity index (χ3v) is 2.74. The van der Waals surface area contributed by atoms with Crippen LogP contribution in [0.15, 0.2) is 0 Å². The van der Waals surface area contributed by atoms with E-state index in [2.05, 4.69) is 5.32 Å². The number of hydrogen-bond donors (Lipinski definition) is 2. The van der Waals surface area contributed by atoms with Crippen LogP contribution in [-0.4, -0.2) is 46.6 Å². The summed E-state index contributed by atoms with van der Waals surface area (Å²) in [5, 5.41) is 11.6. The lowest BCUT2D eigenvalue weighted by Gasteiger charge is -2.43. The molecular formula is C9H17ClN2O3. The Morgan fingerprint density at radius 2 is 2.13 bits per heavy atom. The molecule has 15 heavy (non-hydrogen) atoms. The van der Waals surface area contributed by atoms with Gasteiger partial charge in [-0.05, 0) is 20.8 Å². The normalized spacial score (nSPS) is 22.5. The Bertz CT molecular complexity index is 268. The molecule has 1 amide bonds. The van der Waals surface area contributed by atoms with E-state index in [9.17, 15) is 9.59 Å². The van der Waals surface area contributed by atoms with Gasteiger partial charge in [-0.3, -0.25) is 14.5 Å². The lowest BCUT2D eigenvalue weighted by atomic mass is 9.97. The summed E-state index contributed by atoms with van der Waals surface area (Å²) in [4.78, 5) is 24.0. The van der Waals surface area contributed by atoms with E-state index < -0.39 is 17.6 Å². The van der Waals surface area contributed by atoms with Crippen LogP contribution in [0.25, 0.3) is 0 Å². The van der Waals surface area contributed by atoms with Crippen LogP contribution in [0.2, 0.25) is 0 Å². The summed E-state index contributed by atoms with van der Waals surface area (Å²) in [5.41, 5.74) is -0.740. The number of carboxylic acid groups (broad SMARTS) is 1. The minimum Gasteiger partial charge on any atom is -0.480 e. The largest absolute Gasteiger partial charge is 0.480 e. The maximum absolute atomic E-state index is 11.5. The number of hydrogen-bond acceptors (Lipinski definition) is 3. The molecular weight excluding hydrogens is 220 g/mol. The van der Waals surface area contributed by atoms with Crippen molar-refractivity contribution in [2.75, 3.05) is 13.1 Å². The Labute approximate surface area is 95.2 Å². The molecule has 0 radical (unpaired) electrons. The van der Waals surface area contributed by atoms with Gasteiger partial charge < -0.3 is 10.4 Å². The third kappa shape index (κ3) is 2.60. The molecule has 1 unspecified atom stereocenters. The second kappa shape index (κ2) is 4.81. The topological polar surface area (TPSA) is 69.6 Å². The van der Waals surface area contributed by atoms with Crippen LogP contribution in [0.3, 0.4) is 0 Å². The molecule has 0 aliphatic carbocycles. The number of rotatable bonds is 2. The molecule has 0 aromatic rings. The molecule has 88 valence electrons. The maximum atomic E-state index is 11.5. The van der Waals surface area contributed by atoms with Crippen molar-refractivity contribution >= 4 is 24.3 Å². The SMILES string of the molecule is CC(C(=O)O)N1CCNC(=O)C1(C)C.Cl. The maximum Gasteiger partial charge on any atom is 0.320 e. The number of carbonyl (C=O) groups is 2. The summed E-state index contributed by atoms with van der Waals surface area (Å²) >= 11 is 0. The molecule has 1 heterocycles. The van der Waals surface area contributed by atoms with Gasteiger partial charge in [0.2, 0.25) is 5.91 Å². The summed E-state index contributed by atoms with van der Waals surface area (Å²) in [6.45, 7) is 6.16. The lowest BCUT2D eigenvalue weighted by Crippen LogP contribution is -2.65. The van der Waals surface area contributed by atoms with Gasteiger partial charge >= 0.3 is 5.97 Å². The number of nitrogens with zero attached hydrogens (tertiary/aromatic N) is 1. The fourth-order valence-corrected chi connectivity index (χ4v) is 1.73. The number of piperazine rings is 1. The molecule has 0 aromatic heterocycles. The summed E-state index contributed by atoms with van der Waals surface area (Å²) < 4.78 is 0. The minimum absolute atomic E-state index is 0. The molecule has 0 aromatic carbocycles. The van der Waals surface area contributed by atoms with E-state index in [0.29, 0.717) is 13.1 Å². The summed E-state index contributed by atoms with van der Waals surface area (Å²) in [7, 11) is 0. The quantitative estimate of drug-likeness (QED) is 0.713. The van der Waals surface area contributed by atoms with Gasteiger partial charge in [0.25, 0.3) is 0 Å². The van der Waals surface area contributed by atoms with Gasteiger partial charge in [-0.2, -0.15) is 0 Å². The molecule has 1 atom stereocenters. The van der Waals surface area contributed by atoms with Crippen LogP contribution in [-0.2, 0) is 9.59 Å². The van der Waals surface area contributed by atoms with Crippen LogP contribution in [0, 0.1) is 0 Å². The molecule has 1 saturated heterocycles. The number of amides is 1. The molecule has 0 bridgehead atoms. The monoisotopic (exact) mass is 236 g/mol. The fourth-order valence-electron chi connectivity index (χ4n) is 1.73. The molecule has 1 rings (SSSR count). The Hall–Kier alpha value is -0.810. The van der Waals surface area contributed by atoms with Crippen molar-refractivity contribution < 1.29 is 14.7 Å². The zero-order valence-electron chi connectivity index (χ0n) is 9.11. The first-order valence-electron chi connectivity index (χ1n) is 4.65. The Morgan fingerprint density at radius 1 is 1.60 bits per heavy atom. The van der Waals surface area contributed by atoms with Crippen molar-refractivity contribution in [3.63, 3.8) is 0 Å². The van der Waals surface area contributed by atoms with Gasteiger partial charge in [0.15, 0.2) is 0 Å². The number of halogens is 1. The van der Waals surface area contributed by atoms with Crippen molar-refractivity contribution in [3.8, 4) is 0 Å². The average molecular weight is 237 g/mol. The second-order valence-corrected chi connectivity index (χ2v) is 4.02. The number of aliphatic carboxylic acids is 1. The van der Waals surface area contributed by atoms with Crippen LogP contribution in [0.1, 0.15) is 20.8 Å². The van der Waals surface area contributed by atoms with Crippen molar-refractivity contribution in [2.45, 2.75) is 32.4 Å². The molecule has 1 fully saturated rings. The van der Waals surface area contributed by atoms with Crippen LogP contribution >= 0.6 is 12.4 Å². The van der Waals surface area contributed by atoms with Gasteiger partial charge in [-0.1, -0.05) is 0 Å². The van der Waals surface area contributed by atoms with Gasteiger partial charge in [0, 0.05) is 13.1 Å².